The quantitative estimate of drug-likeness (QED) is 0.410. The van der Waals surface area contributed by atoms with Crippen LogP contribution >= 0.6 is 0 Å². The summed E-state index contributed by atoms with van der Waals surface area (Å²) in [6.07, 6.45) is -0.158. The number of carboxylic acids is 2. The zero-order valence-electron chi connectivity index (χ0n) is 7.20. The molecule has 0 aromatic rings. The summed E-state index contributed by atoms with van der Waals surface area (Å²) in [6.45, 7) is 1.56. The third-order valence-corrected chi connectivity index (χ3v) is 1.32. The molecular formula is C8H11NO4. The lowest BCUT2D eigenvalue weighted by Crippen LogP contribution is -2.33. The van der Waals surface area contributed by atoms with Crippen molar-refractivity contribution in [2.24, 2.45) is 0 Å². The maximum Gasteiger partial charge on any atom is 0.326 e. The first-order chi connectivity index (χ1) is 6.07. The maximum absolute atomic E-state index is 10.5. The topological polar surface area (TPSA) is 86.6 Å². The zero-order valence-corrected chi connectivity index (χ0v) is 7.20. The molecule has 5 heteroatoms. The van der Waals surface area contributed by atoms with E-state index in [4.69, 9.17) is 10.2 Å². The van der Waals surface area contributed by atoms with Crippen molar-refractivity contribution >= 4 is 11.9 Å². The van der Waals surface area contributed by atoms with Crippen molar-refractivity contribution < 1.29 is 19.8 Å². The number of nitrogens with one attached hydrogen (secondary N) is 1. The van der Waals surface area contributed by atoms with Gasteiger partial charge in [-0.05, 0) is 13.3 Å². The summed E-state index contributed by atoms with van der Waals surface area (Å²) in [5, 5.41) is 19.3. The molecule has 0 radical (unpaired) electrons. The van der Waals surface area contributed by atoms with E-state index in [0.717, 1.165) is 0 Å². The van der Waals surface area contributed by atoms with Crippen LogP contribution in [0.1, 0.15) is 19.8 Å². The monoisotopic (exact) mass is 185 g/mol. The van der Waals surface area contributed by atoms with Crippen molar-refractivity contribution in [2.75, 3.05) is 0 Å². The van der Waals surface area contributed by atoms with Gasteiger partial charge in [-0.1, -0.05) is 5.92 Å². The van der Waals surface area contributed by atoms with E-state index in [1.807, 2.05) is 0 Å². The lowest BCUT2D eigenvalue weighted by Gasteiger charge is -2.08. The summed E-state index contributed by atoms with van der Waals surface area (Å²) in [5.74, 6) is 0.359. The number of carbonyl (C=O) groups is 2. The minimum absolute atomic E-state index is 0.0271. The lowest BCUT2D eigenvalue weighted by atomic mass is 10.1. The van der Waals surface area contributed by atoms with Gasteiger partial charge in [-0.2, -0.15) is 0 Å². The third kappa shape index (κ3) is 5.56. The van der Waals surface area contributed by atoms with Crippen LogP contribution in [0.4, 0.5) is 0 Å². The number of rotatable bonds is 5. The Bertz CT molecular complexity index is 251. The third-order valence-electron chi connectivity index (χ3n) is 1.32. The predicted molar refractivity (Wildman–Crippen MR) is 44.9 cm³/mol. The second-order valence-electron chi connectivity index (χ2n) is 2.34. The van der Waals surface area contributed by atoms with Gasteiger partial charge >= 0.3 is 11.9 Å². The van der Waals surface area contributed by atoms with Gasteiger partial charge in [0.15, 0.2) is 0 Å². The lowest BCUT2D eigenvalue weighted by molar-refractivity contribution is -0.140. The van der Waals surface area contributed by atoms with Gasteiger partial charge in [0.25, 0.3) is 0 Å². The summed E-state index contributed by atoms with van der Waals surface area (Å²) >= 11 is 0. The van der Waals surface area contributed by atoms with Crippen molar-refractivity contribution in [3.8, 4) is 12.0 Å². The van der Waals surface area contributed by atoms with Gasteiger partial charge in [-0.15, -0.1) is 0 Å². The zero-order chi connectivity index (χ0) is 10.3. The fraction of sp³-hybridized carbons (Fsp3) is 0.500. The molecular weight excluding hydrogens is 174 g/mol. The SMILES string of the molecule is CC#CN[C@@H](CCC(=O)O)C(=O)O. The van der Waals surface area contributed by atoms with E-state index in [0.29, 0.717) is 0 Å². The Hall–Kier alpha value is -1.70. The molecule has 72 valence electrons. The molecule has 0 amide bonds. The highest BCUT2D eigenvalue weighted by molar-refractivity contribution is 5.75. The highest BCUT2D eigenvalue weighted by atomic mass is 16.4. The van der Waals surface area contributed by atoms with Crippen molar-refractivity contribution in [3.05, 3.63) is 0 Å². The van der Waals surface area contributed by atoms with E-state index in [2.05, 4.69) is 17.3 Å². The average Bonchev–Trinajstić information content (AvgIpc) is 2.03. The molecule has 0 spiro atoms. The molecule has 0 aromatic carbocycles. The number of hydrogen-bond acceptors (Lipinski definition) is 3. The first-order valence-corrected chi connectivity index (χ1v) is 3.69. The molecule has 0 saturated heterocycles. The Balaban J connectivity index is 3.99. The average molecular weight is 185 g/mol. The Kier molecular flexibility index (Phi) is 5.12. The number of carboxylic acid groups (broad SMARTS) is 2. The van der Waals surface area contributed by atoms with E-state index in [1.54, 1.807) is 6.92 Å². The summed E-state index contributed by atoms with van der Waals surface area (Å²) in [5.41, 5.74) is 0. The first-order valence-electron chi connectivity index (χ1n) is 3.69. The van der Waals surface area contributed by atoms with Crippen LogP contribution in [-0.4, -0.2) is 28.2 Å². The molecule has 0 aliphatic carbocycles. The second-order valence-corrected chi connectivity index (χ2v) is 2.34. The van der Waals surface area contributed by atoms with E-state index in [9.17, 15) is 9.59 Å². The molecule has 5 nitrogen and oxygen atoms in total. The standard InChI is InChI=1S/C8H11NO4/c1-2-5-9-6(8(12)13)3-4-7(10)11/h6,9H,3-4H2,1H3,(H,10,11)(H,12,13)/t6-/m0/s1. The highest BCUT2D eigenvalue weighted by Gasteiger charge is 2.16. The van der Waals surface area contributed by atoms with Gasteiger partial charge in [-0.25, -0.2) is 4.79 Å². The van der Waals surface area contributed by atoms with E-state index < -0.39 is 18.0 Å². The summed E-state index contributed by atoms with van der Waals surface area (Å²) in [4.78, 5) is 20.6. The summed E-state index contributed by atoms with van der Waals surface area (Å²) in [6, 6.07) is 1.47. The molecule has 13 heavy (non-hydrogen) atoms. The molecule has 0 aromatic heterocycles. The van der Waals surface area contributed by atoms with Crippen LogP contribution in [0.5, 0.6) is 0 Å². The molecule has 0 saturated carbocycles. The van der Waals surface area contributed by atoms with Gasteiger partial charge < -0.3 is 15.5 Å². The molecule has 0 bridgehead atoms. The minimum Gasteiger partial charge on any atom is -0.481 e. The van der Waals surface area contributed by atoms with Crippen LogP contribution in [0, 0.1) is 12.0 Å². The smallest absolute Gasteiger partial charge is 0.326 e. The molecule has 1 atom stereocenters. The molecule has 0 fully saturated rings. The predicted octanol–water partition coefficient (Wildman–Crippen LogP) is -0.125. The molecule has 3 N–H and O–H groups in total. The summed E-state index contributed by atoms with van der Waals surface area (Å²) in [7, 11) is 0. The van der Waals surface area contributed by atoms with Gasteiger partial charge in [0.05, 0.1) is 0 Å². The fourth-order valence-electron chi connectivity index (χ4n) is 0.684. The maximum atomic E-state index is 10.5. The fourth-order valence-corrected chi connectivity index (χ4v) is 0.684. The molecule has 0 rings (SSSR count). The van der Waals surface area contributed by atoms with Crippen LogP contribution in [0.25, 0.3) is 0 Å². The van der Waals surface area contributed by atoms with Crippen LogP contribution < -0.4 is 5.32 Å². The van der Waals surface area contributed by atoms with Crippen molar-refractivity contribution in [3.63, 3.8) is 0 Å². The van der Waals surface area contributed by atoms with Crippen molar-refractivity contribution in [1.82, 2.24) is 5.32 Å². The summed E-state index contributed by atoms with van der Waals surface area (Å²) < 4.78 is 0. The number of aliphatic carboxylic acids is 2. The minimum atomic E-state index is -1.09. The molecule has 0 aliphatic heterocycles. The van der Waals surface area contributed by atoms with Gasteiger partial charge in [0.2, 0.25) is 0 Å². The highest BCUT2D eigenvalue weighted by Crippen LogP contribution is 1.96. The number of hydrogen-bond donors (Lipinski definition) is 3. The van der Waals surface area contributed by atoms with Crippen LogP contribution in [0.2, 0.25) is 0 Å². The van der Waals surface area contributed by atoms with E-state index >= 15 is 0 Å². The van der Waals surface area contributed by atoms with E-state index in [-0.39, 0.29) is 12.8 Å². The molecule has 0 heterocycles. The van der Waals surface area contributed by atoms with Gasteiger partial charge in [-0.3, -0.25) is 4.79 Å². The normalized spacial score (nSPS) is 10.8. The van der Waals surface area contributed by atoms with Gasteiger partial charge in [0.1, 0.15) is 6.04 Å². The molecule has 0 unspecified atom stereocenters. The second kappa shape index (κ2) is 5.89. The van der Waals surface area contributed by atoms with Crippen molar-refractivity contribution in [2.45, 2.75) is 25.8 Å². The van der Waals surface area contributed by atoms with Crippen molar-refractivity contribution in [1.29, 1.82) is 0 Å². The Labute approximate surface area is 75.8 Å². The van der Waals surface area contributed by atoms with E-state index in [1.165, 1.54) is 0 Å². The molecule has 0 aliphatic rings. The Morgan fingerprint density at radius 1 is 1.46 bits per heavy atom. The van der Waals surface area contributed by atoms with Crippen LogP contribution in [0.3, 0.4) is 0 Å². The first kappa shape index (κ1) is 11.3. The Morgan fingerprint density at radius 3 is 2.46 bits per heavy atom. The Morgan fingerprint density at radius 2 is 2.08 bits per heavy atom. The van der Waals surface area contributed by atoms with Crippen LogP contribution in [-0.2, 0) is 9.59 Å². The van der Waals surface area contributed by atoms with Crippen LogP contribution in [0.15, 0.2) is 0 Å². The largest absolute Gasteiger partial charge is 0.481 e. The van der Waals surface area contributed by atoms with Gasteiger partial charge in [0, 0.05) is 12.5 Å².